The van der Waals surface area contributed by atoms with Gasteiger partial charge in [-0.2, -0.15) is 0 Å². The molecular weight excluding hydrogens is 532 g/mol. The zero-order valence-corrected chi connectivity index (χ0v) is 25.3. The topological polar surface area (TPSA) is 152 Å². The highest BCUT2D eigenvalue weighted by Crippen LogP contribution is 2.22. The van der Waals surface area contributed by atoms with Gasteiger partial charge in [0, 0.05) is 12.8 Å². The minimum atomic E-state index is -1.59. The first-order valence-corrected chi connectivity index (χ1v) is 15.8. The van der Waals surface area contributed by atoms with Crippen molar-refractivity contribution in [2.75, 3.05) is 19.8 Å². The van der Waals surface area contributed by atoms with E-state index in [4.69, 9.17) is 18.9 Å². The lowest BCUT2D eigenvalue weighted by Crippen LogP contribution is -2.59. The van der Waals surface area contributed by atoms with Crippen molar-refractivity contribution in [3.05, 3.63) is 12.2 Å². The lowest BCUT2D eigenvalue weighted by Gasteiger charge is -2.39. The second-order valence-corrected chi connectivity index (χ2v) is 10.9. The van der Waals surface area contributed by atoms with E-state index in [1.165, 1.54) is 12.8 Å². The van der Waals surface area contributed by atoms with Gasteiger partial charge in [-0.05, 0) is 32.1 Å². The number of hydrogen-bond donors (Lipinski definition) is 4. The van der Waals surface area contributed by atoms with Crippen LogP contribution in [0.2, 0.25) is 0 Å². The third-order valence-electron chi connectivity index (χ3n) is 7.15. The maximum absolute atomic E-state index is 12.5. The van der Waals surface area contributed by atoms with Crippen molar-refractivity contribution >= 4 is 11.9 Å². The molecule has 240 valence electrons. The third kappa shape index (κ3) is 17.2. The monoisotopic (exact) mass is 588 g/mol. The Hall–Kier alpha value is -1.56. The van der Waals surface area contributed by atoms with Crippen molar-refractivity contribution in [1.82, 2.24) is 0 Å². The molecule has 1 rings (SSSR count). The highest BCUT2D eigenvalue weighted by Gasteiger charge is 2.44. The van der Waals surface area contributed by atoms with Crippen molar-refractivity contribution < 1.29 is 49.0 Å². The van der Waals surface area contributed by atoms with Crippen LogP contribution >= 0.6 is 0 Å². The molecule has 0 aliphatic carbocycles. The first-order chi connectivity index (χ1) is 19.8. The third-order valence-corrected chi connectivity index (χ3v) is 7.15. The van der Waals surface area contributed by atoms with Gasteiger partial charge in [0.1, 0.15) is 31.0 Å². The van der Waals surface area contributed by atoms with Crippen molar-refractivity contribution in [1.29, 1.82) is 0 Å². The molecule has 0 amide bonds. The van der Waals surface area contributed by atoms with Crippen LogP contribution in [0.25, 0.3) is 0 Å². The molecule has 0 spiro atoms. The predicted octanol–water partition coefficient (Wildman–Crippen LogP) is 4.10. The maximum Gasteiger partial charge on any atom is 0.306 e. The van der Waals surface area contributed by atoms with E-state index in [1.807, 2.05) is 0 Å². The number of esters is 2. The summed E-state index contributed by atoms with van der Waals surface area (Å²) in [6.45, 7) is 3.23. The summed E-state index contributed by atoms with van der Waals surface area (Å²) in [4.78, 5) is 24.7. The second kappa shape index (κ2) is 23.9. The largest absolute Gasteiger partial charge is 0.462 e. The van der Waals surface area contributed by atoms with Crippen molar-refractivity contribution in [2.24, 2.45) is 0 Å². The molecule has 0 radical (unpaired) electrons. The number of unbranched alkanes of at least 4 members (excludes halogenated alkanes) is 11. The molecule has 4 N–H and O–H groups in total. The molecule has 0 aromatic heterocycles. The summed E-state index contributed by atoms with van der Waals surface area (Å²) < 4.78 is 21.8. The summed E-state index contributed by atoms with van der Waals surface area (Å²) in [5.41, 5.74) is 0. The van der Waals surface area contributed by atoms with E-state index in [2.05, 4.69) is 26.0 Å². The summed E-state index contributed by atoms with van der Waals surface area (Å²) in [5, 5.41) is 39.6. The number of allylic oxidation sites excluding steroid dienone is 2. The molecule has 0 aromatic carbocycles. The quantitative estimate of drug-likeness (QED) is 0.0737. The van der Waals surface area contributed by atoms with Crippen LogP contribution in [0.4, 0.5) is 0 Å². The van der Waals surface area contributed by atoms with Gasteiger partial charge in [-0.1, -0.05) is 83.8 Å². The summed E-state index contributed by atoms with van der Waals surface area (Å²) in [5.74, 6) is -0.836. The van der Waals surface area contributed by atoms with Gasteiger partial charge < -0.3 is 39.4 Å². The van der Waals surface area contributed by atoms with Gasteiger partial charge in [-0.3, -0.25) is 9.59 Å². The van der Waals surface area contributed by atoms with Crippen LogP contribution in [-0.2, 0) is 28.5 Å². The molecule has 1 aliphatic heterocycles. The van der Waals surface area contributed by atoms with Gasteiger partial charge in [-0.15, -0.1) is 0 Å². The van der Waals surface area contributed by atoms with Crippen molar-refractivity contribution in [3.8, 4) is 0 Å². The fourth-order valence-corrected chi connectivity index (χ4v) is 4.52. The maximum atomic E-state index is 12.5. The lowest BCUT2D eigenvalue weighted by atomic mass is 9.99. The molecule has 0 bridgehead atoms. The number of rotatable bonds is 24. The van der Waals surface area contributed by atoms with E-state index in [1.54, 1.807) is 0 Å². The number of ether oxygens (including phenoxy) is 4. The Labute approximate surface area is 246 Å². The number of hydrogen-bond acceptors (Lipinski definition) is 10. The highest BCUT2D eigenvalue weighted by atomic mass is 16.7. The fourth-order valence-electron chi connectivity index (χ4n) is 4.52. The van der Waals surface area contributed by atoms with Gasteiger partial charge >= 0.3 is 11.9 Å². The smallest absolute Gasteiger partial charge is 0.306 e. The Morgan fingerprint density at radius 2 is 1.32 bits per heavy atom. The molecular formula is C31H56O10. The van der Waals surface area contributed by atoms with Crippen LogP contribution in [0.15, 0.2) is 12.2 Å². The molecule has 10 heteroatoms. The van der Waals surface area contributed by atoms with Gasteiger partial charge in [0.15, 0.2) is 12.4 Å². The van der Waals surface area contributed by atoms with E-state index in [0.717, 1.165) is 70.6 Å². The normalized spacial score (nSPS) is 23.5. The number of carbonyl (C=O) groups is 2. The molecule has 1 saturated heterocycles. The predicted molar refractivity (Wildman–Crippen MR) is 155 cm³/mol. The molecule has 6 atom stereocenters. The molecule has 0 aromatic rings. The molecule has 1 fully saturated rings. The van der Waals surface area contributed by atoms with Crippen LogP contribution in [0.1, 0.15) is 117 Å². The van der Waals surface area contributed by atoms with Crippen molar-refractivity contribution in [2.45, 2.75) is 153 Å². The van der Waals surface area contributed by atoms with Crippen LogP contribution in [0.3, 0.4) is 0 Å². The van der Waals surface area contributed by atoms with Crippen LogP contribution < -0.4 is 0 Å². The van der Waals surface area contributed by atoms with E-state index < -0.39 is 55.4 Å². The summed E-state index contributed by atoms with van der Waals surface area (Å²) in [6.07, 6.45) is 11.4. The minimum absolute atomic E-state index is 0.220. The van der Waals surface area contributed by atoms with E-state index >= 15 is 0 Å². The summed E-state index contributed by atoms with van der Waals surface area (Å²) in [6, 6.07) is 0. The Bertz CT molecular complexity index is 698. The number of carbonyl (C=O) groups excluding carboxylic acids is 2. The Morgan fingerprint density at radius 3 is 1.98 bits per heavy atom. The van der Waals surface area contributed by atoms with E-state index in [9.17, 15) is 30.0 Å². The zero-order chi connectivity index (χ0) is 30.3. The van der Waals surface area contributed by atoms with Crippen molar-refractivity contribution in [3.63, 3.8) is 0 Å². The molecule has 1 heterocycles. The van der Waals surface area contributed by atoms with Crippen LogP contribution in [-0.4, -0.2) is 89.0 Å². The Balaban J connectivity index is 2.48. The average Bonchev–Trinajstić information content (AvgIpc) is 2.96. The first kappa shape index (κ1) is 37.5. The average molecular weight is 589 g/mol. The molecule has 0 saturated carbocycles. The van der Waals surface area contributed by atoms with Gasteiger partial charge in [0.05, 0.1) is 13.2 Å². The Morgan fingerprint density at radius 1 is 0.732 bits per heavy atom. The summed E-state index contributed by atoms with van der Waals surface area (Å²) >= 11 is 0. The van der Waals surface area contributed by atoms with Crippen LogP contribution in [0, 0.1) is 0 Å². The van der Waals surface area contributed by atoms with Gasteiger partial charge in [0.2, 0.25) is 0 Å². The number of aliphatic hydroxyl groups excluding tert-OH is 4. The standard InChI is InChI=1S/C31H56O10/c1-3-5-7-9-10-11-12-13-14-16-18-20-27(34)40-24(22-38-26(33)19-17-15-8-6-4-2)23-39-31-30(37)29(36)28(35)25(21-32)41-31/h9-10,24-25,28-32,35-37H,3-8,11-23H2,1-2H3/b10-9-. The Kier molecular flexibility index (Phi) is 21.9. The molecule has 10 nitrogen and oxygen atoms in total. The first-order valence-electron chi connectivity index (χ1n) is 15.8. The zero-order valence-electron chi connectivity index (χ0n) is 25.3. The van der Waals surface area contributed by atoms with E-state index in [0.29, 0.717) is 6.42 Å². The molecule has 6 unspecified atom stereocenters. The second-order valence-electron chi connectivity index (χ2n) is 10.9. The van der Waals surface area contributed by atoms with E-state index in [-0.39, 0.29) is 26.1 Å². The van der Waals surface area contributed by atoms with Crippen LogP contribution in [0.5, 0.6) is 0 Å². The lowest BCUT2D eigenvalue weighted by molar-refractivity contribution is -0.305. The SMILES string of the molecule is CCCC/C=C\CCCCCCCC(=O)OC(COC(=O)CCCCCCC)COC1OC(CO)C(O)C(O)C1O. The highest BCUT2D eigenvalue weighted by molar-refractivity contribution is 5.70. The molecule has 41 heavy (non-hydrogen) atoms. The van der Waals surface area contributed by atoms with Gasteiger partial charge in [-0.25, -0.2) is 0 Å². The fraction of sp³-hybridized carbons (Fsp3) is 0.871. The van der Waals surface area contributed by atoms with Gasteiger partial charge in [0.25, 0.3) is 0 Å². The minimum Gasteiger partial charge on any atom is -0.462 e. The summed E-state index contributed by atoms with van der Waals surface area (Å²) in [7, 11) is 0. The molecule has 1 aliphatic rings. The number of aliphatic hydroxyl groups is 4.